The first-order valence-electron chi connectivity index (χ1n) is 4.99. The van der Waals surface area contributed by atoms with Crippen molar-refractivity contribution in [3.8, 4) is 12.1 Å². The first-order chi connectivity index (χ1) is 7.55. The Kier molecular flexibility index (Phi) is 3.93. The van der Waals surface area contributed by atoms with E-state index in [2.05, 4.69) is 17.1 Å². The largest absolute Gasteiger partial charge is 0.244 e. The molecular formula is C12H13N3S. The van der Waals surface area contributed by atoms with E-state index in [0.717, 1.165) is 16.2 Å². The molecule has 0 saturated heterocycles. The van der Waals surface area contributed by atoms with E-state index < -0.39 is 5.41 Å². The molecule has 0 amide bonds. The molecule has 16 heavy (non-hydrogen) atoms. The highest BCUT2D eigenvalue weighted by molar-refractivity contribution is 7.99. The highest BCUT2D eigenvalue weighted by Gasteiger charge is 2.21. The number of rotatable bonds is 3. The lowest BCUT2D eigenvalue weighted by molar-refractivity contribution is 0.679. The van der Waals surface area contributed by atoms with Gasteiger partial charge in [-0.25, -0.2) is 4.98 Å². The highest BCUT2D eigenvalue weighted by atomic mass is 32.2. The van der Waals surface area contributed by atoms with Gasteiger partial charge in [0.15, 0.2) is 5.69 Å². The fourth-order valence-electron chi connectivity index (χ4n) is 1.20. The van der Waals surface area contributed by atoms with Gasteiger partial charge in [-0.1, -0.05) is 6.92 Å². The SMILES string of the molecule is CCSc1cc(C(C)(C)C#N)cnc1C#N. The maximum Gasteiger partial charge on any atom is 0.153 e. The van der Waals surface area contributed by atoms with Crippen LogP contribution < -0.4 is 0 Å². The van der Waals surface area contributed by atoms with Gasteiger partial charge in [0.1, 0.15) is 6.07 Å². The molecule has 1 aromatic heterocycles. The Morgan fingerprint density at radius 3 is 2.62 bits per heavy atom. The average Bonchev–Trinajstić information content (AvgIpc) is 2.29. The lowest BCUT2D eigenvalue weighted by Crippen LogP contribution is -2.14. The summed E-state index contributed by atoms with van der Waals surface area (Å²) in [5.41, 5.74) is 0.721. The maximum absolute atomic E-state index is 9.05. The number of hydrogen-bond donors (Lipinski definition) is 0. The Morgan fingerprint density at radius 2 is 2.12 bits per heavy atom. The van der Waals surface area contributed by atoms with Crippen LogP contribution in [0.3, 0.4) is 0 Å². The van der Waals surface area contributed by atoms with E-state index in [0.29, 0.717) is 5.69 Å². The van der Waals surface area contributed by atoms with Crippen LogP contribution in [0, 0.1) is 22.7 Å². The second kappa shape index (κ2) is 5.01. The van der Waals surface area contributed by atoms with Gasteiger partial charge in [0.25, 0.3) is 0 Å². The van der Waals surface area contributed by atoms with Gasteiger partial charge in [0.05, 0.1) is 11.5 Å². The van der Waals surface area contributed by atoms with Crippen LogP contribution >= 0.6 is 11.8 Å². The molecule has 0 N–H and O–H groups in total. The van der Waals surface area contributed by atoms with Crippen LogP contribution in [-0.2, 0) is 5.41 Å². The summed E-state index contributed by atoms with van der Waals surface area (Å²) < 4.78 is 0. The van der Waals surface area contributed by atoms with Gasteiger partial charge in [-0.3, -0.25) is 0 Å². The molecule has 0 aliphatic rings. The van der Waals surface area contributed by atoms with Gasteiger partial charge >= 0.3 is 0 Å². The van der Waals surface area contributed by atoms with Crippen molar-refractivity contribution >= 4 is 11.8 Å². The third-order valence-electron chi connectivity index (χ3n) is 2.26. The summed E-state index contributed by atoms with van der Waals surface area (Å²) in [5, 5.41) is 18.0. The van der Waals surface area contributed by atoms with E-state index in [9.17, 15) is 0 Å². The molecule has 4 heteroatoms. The van der Waals surface area contributed by atoms with Gasteiger partial charge in [0, 0.05) is 11.1 Å². The summed E-state index contributed by atoms with van der Waals surface area (Å²) in [6.07, 6.45) is 1.61. The summed E-state index contributed by atoms with van der Waals surface area (Å²) in [7, 11) is 0. The summed E-state index contributed by atoms with van der Waals surface area (Å²) in [5.74, 6) is 0.882. The minimum Gasteiger partial charge on any atom is -0.244 e. The van der Waals surface area contributed by atoms with Crippen molar-refractivity contribution in [2.45, 2.75) is 31.1 Å². The van der Waals surface area contributed by atoms with Crippen LogP contribution in [0.5, 0.6) is 0 Å². The van der Waals surface area contributed by atoms with Crippen LogP contribution in [-0.4, -0.2) is 10.7 Å². The molecule has 1 heterocycles. The molecule has 0 spiro atoms. The van der Waals surface area contributed by atoms with Crippen molar-refractivity contribution in [2.75, 3.05) is 5.75 Å². The Hall–Kier alpha value is -1.52. The molecule has 0 bridgehead atoms. The third kappa shape index (κ3) is 2.53. The van der Waals surface area contributed by atoms with Gasteiger partial charge in [-0.15, -0.1) is 11.8 Å². The van der Waals surface area contributed by atoms with Gasteiger partial charge < -0.3 is 0 Å². The van der Waals surface area contributed by atoms with Crippen LogP contribution in [0.2, 0.25) is 0 Å². The Balaban J connectivity index is 3.24. The molecule has 0 fully saturated rings. The molecule has 1 aromatic rings. The summed E-state index contributed by atoms with van der Waals surface area (Å²) in [4.78, 5) is 4.95. The van der Waals surface area contributed by atoms with Crippen molar-refractivity contribution in [1.82, 2.24) is 4.98 Å². The van der Waals surface area contributed by atoms with Crippen LogP contribution in [0.4, 0.5) is 0 Å². The van der Waals surface area contributed by atoms with Crippen molar-refractivity contribution < 1.29 is 0 Å². The number of hydrogen-bond acceptors (Lipinski definition) is 4. The standard InChI is InChI=1S/C12H13N3S/c1-4-16-11-5-9(12(2,3)8-14)7-15-10(11)6-13/h5,7H,4H2,1-3H3. The zero-order valence-electron chi connectivity index (χ0n) is 9.61. The Morgan fingerprint density at radius 1 is 1.44 bits per heavy atom. The topological polar surface area (TPSA) is 60.5 Å². The van der Waals surface area contributed by atoms with E-state index in [4.69, 9.17) is 10.5 Å². The quantitative estimate of drug-likeness (QED) is 0.750. The normalized spacial score (nSPS) is 10.6. The smallest absolute Gasteiger partial charge is 0.153 e. The van der Waals surface area contributed by atoms with Crippen molar-refractivity contribution in [3.63, 3.8) is 0 Å². The zero-order valence-corrected chi connectivity index (χ0v) is 10.4. The molecule has 3 nitrogen and oxygen atoms in total. The van der Waals surface area contributed by atoms with Crippen LogP contribution in [0.1, 0.15) is 32.0 Å². The molecule has 0 aromatic carbocycles. The average molecular weight is 231 g/mol. The summed E-state index contributed by atoms with van der Waals surface area (Å²) in [6.45, 7) is 5.71. The predicted molar refractivity (Wildman–Crippen MR) is 64.0 cm³/mol. The van der Waals surface area contributed by atoms with Crippen molar-refractivity contribution in [1.29, 1.82) is 10.5 Å². The summed E-state index contributed by atoms with van der Waals surface area (Å²) >= 11 is 1.57. The number of pyridine rings is 1. The molecular weight excluding hydrogens is 218 g/mol. The molecule has 0 aliphatic heterocycles. The van der Waals surface area contributed by atoms with E-state index in [1.165, 1.54) is 0 Å². The Bertz CT molecular complexity index is 466. The second-order valence-corrected chi connectivity index (χ2v) is 5.16. The van der Waals surface area contributed by atoms with Crippen molar-refractivity contribution in [3.05, 3.63) is 23.5 Å². The molecule has 0 saturated carbocycles. The maximum atomic E-state index is 9.05. The van der Waals surface area contributed by atoms with Crippen LogP contribution in [0.15, 0.2) is 17.2 Å². The Labute approximate surface area is 100 Å². The van der Waals surface area contributed by atoms with Gasteiger partial charge in [-0.05, 0) is 31.2 Å². The molecule has 1 rings (SSSR count). The second-order valence-electron chi connectivity index (χ2n) is 3.85. The van der Waals surface area contributed by atoms with Gasteiger partial charge in [-0.2, -0.15) is 10.5 Å². The van der Waals surface area contributed by atoms with Gasteiger partial charge in [0.2, 0.25) is 0 Å². The number of nitriles is 2. The molecule has 82 valence electrons. The summed E-state index contributed by atoms with van der Waals surface area (Å²) in [6, 6.07) is 6.19. The minimum absolute atomic E-state index is 0.435. The first kappa shape index (κ1) is 12.5. The molecule has 0 atom stereocenters. The van der Waals surface area contributed by atoms with E-state index >= 15 is 0 Å². The number of thioether (sulfide) groups is 1. The van der Waals surface area contributed by atoms with E-state index in [-0.39, 0.29) is 0 Å². The molecule has 0 unspecified atom stereocenters. The van der Waals surface area contributed by atoms with E-state index in [1.54, 1.807) is 18.0 Å². The monoisotopic (exact) mass is 231 g/mol. The highest BCUT2D eigenvalue weighted by Crippen LogP contribution is 2.28. The molecule has 0 aliphatic carbocycles. The fraction of sp³-hybridized carbons (Fsp3) is 0.417. The third-order valence-corrected chi connectivity index (χ3v) is 3.17. The number of aromatic nitrogens is 1. The van der Waals surface area contributed by atoms with E-state index in [1.807, 2.05) is 26.8 Å². The number of nitrogens with zero attached hydrogens (tertiary/aromatic N) is 3. The zero-order chi connectivity index (χ0) is 12.2. The molecule has 0 radical (unpaired) electrons. The minimum atomic E-state index is -0.565. The lowest BCUT2D eigenvalue weighted by Gasteiger charge is -2.16. The van der Waals surface area contributed by atoms with Crippen LogP contribution in [0.25, 0.3) is 0 Å². The first-order valence-corrected chi connectivity index (χ1v) is 5.98. The lowest BCUT2D eigenvalue weighted by atomic mass is 9.87. The predicted octanol–water partition coefficient (Wildman–Crippen LogP) is 2.87. The van der Waals surface area contributed by atoms with Crippen molar-refractivity contribution in [2.24, 2.45) is 0 Å². The fourth-order valence-corrected chi connectivity index (χ4v) is 1.96.